The third-order valence-corrected chi connectivity index (χ3v) is 5.74. The molecule has 0 saturated carbocycles. The third kappa shape index (κ3) is 6.78. The van der Waals surface area contributed by atoms with E-state index in [-0.39, 0.29) is 18.7 Å². The summed E-state index contributed by atoms with van der Waals surface area (Å²) in [4.78, 5) is 13.2. The van der Waals surface area contributed by atoms with Gasteiger partial charge in [0.2, 0.25) is 15.9 Å². The highest BCUT2D eigenvalue weighted by Gasteiger charge is 2.21. The highest BCUT2D eigenvalue weighted by atomic mass is 32.2. The molecule has 0 atom stereocenters. The molecule has 0 aliphatic heterocycles. The van der Waals surface area contributed by atoms with Gasteiger partial charge in [0, 0.05) is 29.3 Å². The van der Waals surface area contributed by atoms with Gasteiger partial charge in [0.05, 0.1) is 12.8 Å². The summed E-state index contributed by atoms with van der Waals surface area (Å²) in [6, 6.07) is 15.7. The number of hydrogen-bond acceptors (Lipinski definition) is 4. The summed E-state index contributed by atoms with van der Waals surface area (Å²) in [5.41, 5.74) is 0.227. The topological polar surface area (TPSA) is 66.5 Å². The van der Waals surface area contributed by atoms with Gasteiger partial charge in [-0.05, 0) is 18.2 Å². The quantitative estimate of drug-likeness (QED) is 0.522. The maximum atomic E-state index is 13.8. The lowest BCUT2D eigenvalue weighted by molar-refractivity contribution is -0.121. The van der Waals surface area contributed by atoms with Crippen molar-refractivity contribution in [3.63, 3.8) is 0 Å². The number of rotatable bonds is 9. The van der Waals surface area contributed by atoms with E-state index < -0.39 is 21.7 Å². The largest absolute Gasteiger partial charge is 0.354 e. The lowest BCUT2D eigenvalue weighted by Crippen LogP contribution is -2.40. The SMILES string of the molecule is CS(=O)(=O)N(CC(=O)NCCSc1ccccc1)Cc1ccccc1F. The highest BCUT2D eigenvalue weighted by molar-refractivity contribution is 7.99. The molecule has 0 radical (unpaired) electrons. The molecule has 1 amide bonds. The second-order valence-corrected chi connectivity index (χ2v) is 8.78. The molecule has 8 heteroatoms. The zero-order chi connectivity index (χ0) is 19.0. The highest BCUT2D eigenvalue weighted by Crippen LogP contribution is 2.16. The number of thioether (sulfide) groups is 1. The van der Waals surface area contributed by atoms with Gasteiger partial charge in [-0.15, -0.1) is 11.8 Å². The number of benzene rings is 2. The Balaban J connectivity index is 1.85. The van der Waals surface area contributed by atoms with Crippen LogP contribution in [0.3, 0.4) is 0 Å². The van der Waals surface area contributed by atoms with Gasteiger partial charge in [0.1, 0.15) is 5.82 Å². The van der Waals surface area contributed by atoms with Gasteiger partial charge < -0.3 is 5.32 Å². The first-order valence-corrected chi connectivity index (χ1v) is 10.8. The van der Waals surface area contributed by atoms with Crippen molar-refractivity contribution in [2.75, 3.05) is 25.1 Å². The summed E-state index contributed by atoms with van der Waals surface area (Å²) in [5, 5.41) is 2.70. The van der Waals surface area contributed by atoms with E-state index in [0.717, 1.165) is 15.5 Å². The zero-order valence-electron chi connectivity index (χ0n) is 14.4. The van der Waals surface area contributed by atoms with Crippen molar-refractivity contribution in [3.05, 3.63) is 66.0 Å². The van der Waals surface area contributed by atoms with Crippen LogP contribution < -0.4 is 5.32 Å². The van der Waals surface area contributed by atoms with E-state index in [9.17, 15) is 17.6 Å². The van der Waals surface area contributed by atoms with Crippen molar-refractivity contribution >= 4 is 27.7 Å². The standard InChI is InChI=1S/C18H21FN2O3S2/c1-26(23,24)21(13-15-7-5-6-10-17(15)19)14-18(22)20-11-12-25-16-8-3-2-4-9-16/h2-10H,11-14H2,1H3,(H,20,22). The molecular formula is C18H21FN2O3S2. The fraction of sp³-hybridized carbons (Fsp3) is 0.278. The first-order valence-electron chi connectivity index (χ1n) is 7.99. The Morgan fingerprint density at radius 3 is 2.42 bits per heavy atom. The average Bonchev–Trinajstić information content (AvgIpc) is 2.60. The van der Waals surface area contributed by atoms with Crippen LogP contribution in [0.15, 0.2) is 59.5 Å². The van der Waals surface area contributed by atoms with Crippen molar-refractivity contribution in [1.82, 2.24) is 9.62 Å². The Morgan fingerprint density at radius 2 is 1.77 bits per heavy atom. The van der Waals surface area contributed by atoms with Crippen LogP contribution in [0.5, 0.6) is 0 Å². The number of nitrogens with zero attached hydrogens (tertiary/aromatic N) is 1. The Kier molecular flexibility index (Phi) is 7.62. The third-order valence-electron chi connectivity index (χ3n) is 3.53. The van der Waals surface area contributed by atoms with Gasteiger partial charge in [0.25, 0.3) is 0 Å². The molecule has 26 heavy (non-hydrogen) atoms. The van der Waals surface area contributed by atoms with Crippen LogP contribution in [-0.4, -0.2) is 43.7 Å². The lowest BCUT2D eigenvalue weighted by Gasteiger charge is -2.19. The van der Waals surface area contributed by atoms with Crippen molar-refractivity contribution in [1.29, 1.82) is 0 Å². The zero-order valence-corrected chi connectivity index (χ0v) is 16.0. The molecule has 2 aromatic rings. The van der Waals surface area contributed by atoms with Crippen molar-refractivity contribution < 1.29 is 17.6 Å². The minimum atomic E-state index is -3.65. The van der Waals surface area contributed by atoms with Crippen LogP contribution >= 0.6 is 11.8 Å². The number of sulfonamides is 1. The summed E-state index contributed by atoms with van der Waals surface area (Å²) in [6.45, 7) is -0.115. The van der Waals surface area contributed by atoms with Gasteiger partial charge >= 0.3 is 0 Å². The van der Waals surface area contributed by atoms with Crippen LogP contribution in [0.4, 0.5) is 4.39 Å². The maximum Gasteiger partial charge on any atom is 0.235 e. The minimum Gasteiger partial charge on any atom is -0.354 e. The summed E-state index contributed by atoms with van der Waals surface area (Å²) >= 11 is 1.60. The Labute approximate surface area is 157 Å². The van der Waals surface area contributed by atoms with Gasteiger partial charge in [-0.25, -0.2) is 12.8 Å². The summed E-state index contributed by atoms with van der Waals surface area (Å²) < 4.78 is 38.6. The second kappa shape index (κ2) is 9.70. The van der Waals surface area contributed by atoms with Crippen LogP contribution in [0, 0.1) is 5.82 Å². The number of hydrogen-bond donors (Lipinski definition) is 1. The number of nitrogens with one attached hydrogen (secondary N) is 1. The minimum absolute atomic E-state index is 0.183. The van der Waals surface area contributed by atoms with Crippen molar-refractivity contribution in [2.24, 2.45) is 0 Å². The lowest BCUT2D eigenvalue weighted by atomic mass is 10.2. The van der Waals surface area contributed by atoms with Crippen molar-refractivity contribution in [2.45, 2.75) is 11.4 Å². The molecule has 0 fully saturated rings. The predicted octanol–water partition coefficient (Wildman–Crippen LogP) is 2.50. The summed E-state index contributed by atoms with van der Waals surface area (Å²) in [5.74, 6) is -0.247. The molecule has 0 unspecified atom stereocenters. The van der Waals surface area contributed by atoms with Crippen LogP contribution in [0.25, 0.3) is 0 Å². The average molecular weight is 397 g/mol. The van der Waals surface area contributed by atoms with E-state index in [1.54, 1.807) is 17.8 Å². The number of halogens is 1. The molecule has 0 aliphatic rings. The molecule has 0 bridgehead atoms. The van der Waals surface area contributed by atoms with E-state index in [2.05, 4.69) is 5.32 Å². The fourth-order valence-corrected chi connectivity index (χ4v) is 3.71. The van der Waals surface area contributed by atoms with Gasteiger partial charge in [-0.1, -0.05) is 36.4 Å². The normalized spacial score (nSPS) is 11.5. The smallest absolute Gasteiger partial charge is 0.235 e. The Morgan fingerprint density at radius 1 is 1.12 bits per heavy atom. The molecule has 0 aliphatic carbocycles. The van der Waals surface area contributed by atoms with Crippen LogP contribution in [0.1, 0.15) is 5.56 Å². The molecule has 0 aromatic heterocycles. The first-order chi connectivity index (χ1) is 12.4. The molecule has 1 N–H and O–H groups in total. The first kappa shape index (κ1) is 20.4. The molecule has 0 heterocycles. The second-order valence-electron chi connectivity index (χ2n) is 5.63. The molecule has 140 valence electrons. The van der Waals surface area contributed by atoms with Crippen molar-refractivity contribution in [3.8, 4) is 0 Å². The van der Waals surface area contributed by atoms with E-state index in [4.69, 9.17) is 0 Å². The number of amides is 1. The van der Waals surface area contributed by atoms with E-state index in [0.29, 0.717) is 12.3 Å². The Bertz CT molecular complexity index is 829. The van der Waals surface area contributed by atoms with E-state index in [1.807, 2.05) is 30.3 Å². The van der Waals surface area contributed by atoms with Crippen LogP contribution in [-0.2, 0) is 21.4 Å². The number of carbonyl (C=O) groups is 1. The number of carbonyl (C=O) groups excluding carboxylic acids is 1. The molecular weight excluding hydrogens is 375 g/mol. The van der Waals surface area contributed by atoms with Gasteiger partial charge in [-0.2, -0.15) is 4.31 Å². The molecule has 0 saturated heterocycles. The molecule has 2 rings (SSSR count). The van der Waals surface area contributed by atoms with Gasteiger partial charge in [-0.3, -0.25) is 4.79 Å². The predicted molar refractivity (Wildman–Crippen MR) is 102 cm³/mol. The van der Waals surface area contributed by atoms with E-state index >= 15 is 0 Å². The van der Waals surface area contributed by atoms with E-state index in [1.165, 1.54) is 18.2 Å². The Hall–Kier alpha value is -1.90. The summed E-state index contributed by atoms with van der Waals surface area (Å²) in [6.07, 6.45) is 1.01. The monoisotopic (exact) mass is 396 g/mol. The maximum absolute atomic E-state index is 13.8. The van der Waals surface area contributed by atoms with Crippen LogP contribution in [0.2, 0.25) is 0 Å². The summed E-state index contributed by atoms with van der Waals surface area (Å²) in [7, 11) is -3.65. The molecule has 5 nitrogen and oxygen atoms in total. The molecule has 2 aromatic carbocycles. The van der Waals surface area contributed by atoms with Gasteiger partial charge in [0.15, 0.2) is 0 Å². The fourth-order valence-electron chi connectivity index (χ4n) is 2.20. The molecule has 0 spiro atoms.